The van der Waals surface area contributed by atoms with Crippen LogP contribution in [0, 0.1) is 171 Å². The maximum absolute atomic E-state index is 13.5. The van der Waals surface area contributed by atoms with Crippen LogP contribution in [0.1, 0.15) is 151 Å². The van der Waals surface area contributed by atoms with Crippen LogP contribution in [-0.2, 0) is 33.8 Å². The summed E-state index contributed by atoms with van der Waals surface area (Å²) in [5.74, 6) is 2.61. The predicted octanol–water partition coefficient (Wildman–Crippen LogP) is 25.5. The molecule has 36 heteroatoms. The Morgan fingerprint density at radius 2 is 0.720 bits per heavy atom. The van der Waals surface area contributed by atoms with Gasteiger partial charge < -0.3 is 40.0 Å². The van der Waals surface area contributed by atoms with Crippen LogP contribution >= 0.6 is 45.8 Å². The number of carbonyl (C=O) groups excluding carboxylic acids is 1. The minimum absolute atomic E-state index is 0. The molecular formula is C107H117Cl2N13O16S5. The molecule has 1 amide bonds. The number of rotatable bonds is 17. The van der Waals surface area contributed by atoms with Gasteiger partial charge in [0.15, 0.2) is 0 Å². The van der Waals surface area contributed by atoms with E-state index in [2.05, 4.69) is 43.4 Å². The first-order valence-electron chi connectivity index (χ1n) is 42.7. The molecule has 0 aromatic heterocycles. The number of phenolic OH excluding ortho intramolecular Hbond substituents is 1. The molecule has 0 saturated carbocycles. The highest BCUT2D eigenvalue weighted by Gasteiger charge is 2.36. The van der Waals surface area contributed by atoms with E-state index in [0.29, 0.717) is 65.3 Å². The number of aromatic hydroxyl groups is 1. The van der Waals surface area contributed by atoms with Gasteiger partial charge in [-0.1, -0.05) is 138 Å². The van der Waals surface area contributed by atoms with Gasteiger partial charge in [0, 0.05) is 100 Å². The quantitative estimate of drug-likeness (QED) is 0.0330. The molecule has 12 aromatic rings. The first-order chi connectivity index (χ1) is 65.6. The van der Waals surface area contributed by atoms with Crippen molar-refractivity contribution in [3.63, 3.8) is 0 Å². The lowest BCUT2D eigenvalue weighted by Gasteiger charge is -2.35. The monoisotopic (exact) mass is 2070 g/mol. The second-order valence-electron chi connectivity index (χ2n) is 32.9. The second-order valence-corrected chi connectivity index (χ2v) is 41.8. The van der Waals surface area contributed by atoms with Crippen LogP contribution in [-0.4, -0.2) is 118 Å². The summed E-state index contributed by atoms with van der Waals surface area (Å²) in [5, 5.41) is 87.1. The van der Waals surface area contributed by atoms with Gasteiger partial charge in [-0.2, -0.15) is 40.2 Å². The number of nitriles is 6. The Kier molecular flexibility index (Phi) is 46.7. The number of nitrogens with zero attached hydrogens (tertiary/aromatic N) is 11. The predicted molar refractivity (Wildman–Crippen MR) is 563 cm³/mol. The Hall–Kier alpha value is -14.3. The Morgan fingerprint density at radius 3 is 1.10 bits per heavy atom. The fourth-order valence-electron chi connectivity index (χ4n) is 12.8. The number of hydrogen-bond acceptors (Lipinski definition) is 26. The molecule has 2 aliphatic heterocycles. The Labute approximate surface area is 858 Å². The number of piperazine rings is 2. The summed E-state index contributed by atoms with van der Waals surface area (Å²) < 4.78 is 102. The number of nitro groups is 2. The standard InChI is InChI=1S/C24H29N3O5S.C19H21N3O3S.C15H12ClNO2S2.C15H12N2O3.C15H14N2S.C8H10O.C7H3ClN2O2.4CH4/c1-17-6-7-18(2)21(14-17)31-20-9-8-19(16-25)15-22(20)33(29,30)27-12-10-26(11-13-27)23(28)32-24(3,4)5;1-14-3-4-15(2)18(11-14)25-17-6-5-16(13-20)12-19(17)26(23,24)22-9-7-21-8-10-22;1-10-3-4-11(2)14(7-10)20-13-6-5-12(9-17)8-15(13)21(16,18)19;1-10-3-4-11(2)15(7-10)20-14-6-5-12(9-16)8-13(14)17(18)19;1-10-3-4-11(2)15(7-10)18-14-6-5-12(9-16)8-13(14)17;1-6-3-4-7(2)8(9)5-6;8-6-2-1-5(4-9)3-7(6)10(11)12;;;;/h6-9,14-15H,10-13H2,1-5H3;3-6,11-12,21H,7-10H2,1-2H3;3-8H,1-2H3;3-8H,1-2H3;3-8H,17H2,1-2H3;3-5,9H,1-2H3;1-3H;4*1H4. The number of nitrogens with one attached hydrogen (secondary N) is 1. The van der Waals surface area contributed by atoms with Crippen LogP contribution < -0.4 is 25.3 Å². The van der Waals surface area contributed by atoms with Crippen LogP contribution in [0.4, 0.5) is 21.9 Å². The van der Waals surface area contributed by atoms with Gasteiger partial charge in [-0.15, -0.1) is 0 Å². The third-order valence-electron chi connectivity index (χ3n) is 20.6. The van der Waals surface area contributed by atoms with E-state index in [0.717, 1.165) is 71.5 Å². The average molecular weight is 2070 g/mol. The van der Waals surface area contributed by atoms with E-state index < -0.39 is 50.6 Å². The summed E-state index contributed by atoms with van der Waals surface area (Å²) in [6.45, 7) is 31.3. The molecular weight excluding hydrogens is 1950 g/mol. The minimum atomic E-state index is -3.97. The second kappa shape index (κ2) is 55.2. The number of ether oxygens (including phenoxy) is 4. The molecule has 2 heterocycles. The maximum Gasteiger partial charge on any atom is 0.410 e. The number of nitrogen functional groups attached to an aromatic ring is 1. The smallest absolute Gasteiger partial charge is 0.410 e. The number of carbonyl (C=O) groups is 1. The number of sulfonamides is 2. The lowest BCUT2D eigenvalue weighted by atomic mass is 10.1. The van der Waals surface area contributed by atoms with Gasteiger partial charge in [0.05, 0.1) is 84.5 Å². The molecule has 143 heavy (non-hydrogen) atoms. The zero-order valence-electron chi connectivity index (χ0n) is 78.8. The summed E-state index contributed by atoms with van der Waals surface area (Å²) in [6.07, 6.45) is -0.468. The van der Waals surface area contributed by atoms with Crippen molar-refractivity contribution < 1.29 is 63.9 Å². The van der Waals surface area contributed by atoms with Crippen LogP contribution in [0.25, 0.3) is 0 Å². The van der Waals surface area contributed by atoms with Crippen molar-refractivity contribution >= 4 is 98.1 Å². The van der Waals surface area contributed by atoms with Gasteiger partial charge in [0.25, 0.3) is 14.7 Å². The Balaban J connectivity index is 0.000000356. The highest BCUT2D eigenvalue weighted by atomic mass is 35.7. The fraction of sp³-hybridized carbons (Fsp3) is 0.262. The van der Waals surface area contributed by atoms with Gasteiger partial charge in [-0.05, 0) is 304 Å². The number of amides is 1. The highest BCUT2D eigenvalue weighted by molar-refractivity contribution is 8.14. The van der Waals surface area contributed by atoms with E-state index in [1.807, 2.05) is 185 Å². The first kappa shape index (κ1) is 121. The van der Waals surface area contributed by atoms with E-state index >= 15 is 0 Å². The molecule has 2 fully saturated rings. The van der Waals surface area contributed by atoms with Crippen LogP contribution in [0.5, 0.6) is 40.2 Å². The lowest BCUT2D eigenvalue weighted by molar-refractivity contribution is -0.385. The number of nitro benzene ring substituents is 2. The molecule has 0 unspecified atom stereocenters. The number of nitrogens with two attached hydrogens (primary N) is 1. The molecule has 0 atom stereocenters. The van der Waals surface area contributed by atoms with Gasteiger partial charge in [0.2, 0.25) is 25.8 Å². The van der Waals surface area contributed by atoms with Crippen molar-refractivity contribution in [2.75, 3.05) is 58.1 Å². The topological polar surface area (TPSA) is 453 Å². The summed E-state index contributed by atoms with van der Waals surface area (Å²) in [6, 6.07) is 73.6. The van der Waals surface area contributed by atoms with Crippen molar-refractivity contribution in [1.82, 2.24) is 18.8 Å². The van der Waals surface area contributed by atoms with Crippen LogP contribution in [0.15, 0.2) is 253 Å². The summed E-state index contributed by atoms with van der Waals surface area (Å²) in [7, 11) is -6.15. The van der Waals surface area contributed by atoms with Crippen molar-refractivity contribution in [1.29, 1.82) is 31.6 Å². The molecule has 750 valence electrons. The Bertz CT molecular complexity index is 7230. The third kappa shape index (κ3) is 35.4. The van der Waals surface area contributed by atoms with Crippen molar-refractivity contribution in [2.45, 2.75) is 173 Å². The summed E-state index contributed by atoms with van der Waals surface area (Å²) in [4.78, 5) is 37.6. The van der Waals surface area contributed by atoms with Crippen molar-refractivity contribution in [2.24, 2.45) is 0 Å². The number of anilines is 1. The van der Waals surface area contributed by atoms with E-state index in [1.54, 1.807) is 81.1 Å². The SMILES string of the molecule is C.C.C.C.Cc1ccc(C)c(O)c1.Cc1ccc(C)c(Oc2ccc(C#N)cc2S(=O)(=O)N2CCN(C(=O)OC(C)(C)C)CC2)c1.Cc1ccc(C)c(Oc2ccc(C#N)cc2S(=O)(=O)N2CCNCC2)c1.Cc1ccc(C)c(Oc2ccc(C#N)cc2[N+](=O)[O-])c1.Cc1ccc(C)c(Sc2ccc(C#N)cc2N)c1.Cc1ccc(C)c(Sc2ccc(C#N)cc2S(=O)(=O)Cl)c1.N#Cc1ccc(Cl)c([N+](=O)[O-])c1. The lowest BCUT2D eigenvalue weighted by Crippen LogP contribution is -2.51. The maximum atomic E-state index is 13.5. The number of phenols is 1. The van der Waals surface area contributed by atoms with E-state index in [4.69, 9.17) is 73.1 Å². The van der Waals surface area contributed by atoms with E-state index in [1.165, 1.54) is 102 Å². The fourth-order valence-corrected chi connectivity index (χ4v) is 19.7. The van der Waals surface area contributed by atoms with Gasteiger partial charge >= 0.3 is 11.8 Å². The summed E-state index contributed by atoms with van der Waals surface area (Å²) >= 11 is 8.46. The average Bonchev–Trinajstić information content (AvgIpc) is 0.773. The number of benzene rings is 12. The zero-order chi connectivity index (χ0) is 103. The normalized spacial score (nSPS) is 11.9. The van der Waals surface area contributed by atoms with E-state index in [9.17, 15) is 60.8 Å². The highest BCUT2D eigenvalue weighted by Crippen LogP contribution is 2.42. The number of halogens is 2. The van der Waals surface area contributed by atoms with E-state index in [-0.39, 0.29) is 132 Å². The van der Waals surface area contributed by atoms with Crippen molar-refractivity contribution in [3.05, 3.63) is 344 Å². The van der Waals surface area contributed by atoms with Gasteiger partial charge in [-0.3, -0.25) is 20.2 Å². The molecule has 14 rings (SSSR count). The molecule has 0 aliphatic carbocycles. The molecule has 2 aliphatic rings. The molecule has 29 nitrogen and oxygen atoms in total. The van der Waals surface area contributed by atoms with Crippen LogP contribution in [0.2, 0.25) is 5.02 Å². The summed E-state index contributed by atoms with van der Waals surface area (Å²) in [5.41, 5.74) is 19.6. The third-order valence-corrected chi connectivity index (χ3v) is 28.7. The molecule has 0 radical (unpaired) electrons. The molecule has 2 saturated heterocycles. The largest absolute Gasteiger partial charge is 0.508 e. The first-order valence-corrected chi connectivity index (χ1v) is 49.9. The molecule has 0 bridgehead atoms. The van der Waals surface area contributed by atoms with Gasteiger partial charge in [0.1, 0.15) is 54.9 Å². The molecule has 12 aromatic carbocycles. The van der Waals surface area contributed by atoms with Crippen molar-refractivity contribution in [3.8, 4) is 76.7 Å². The molecule has 0 spiro atoms. The minimum Gasteiger partial charge on any atom is -0.508 e. The number of aryl methyl sites for hydroxylation is 12. The van der Waals surface area contributed by atoms with Crippen LogP contribution in [0.3, 0.4) is 0 Å². The number of hydrogen-bond donors (Lipinski definition) is 3. The Morgan fingerprint density at radius 1 is 0.399 bits per heavy atom. The van der Waals surface area contributed by atoms with Gasteiger partial charge in [-0.25, -0.2) is 30.0 Å². The molecule has 4 N–H and O–H groups in total. The zero-order valence-corrected chi connectivity index (χ0v) is 84.4.